The van der Waals surface area contributed by atoms with Gasteiger partial charge in [-0.2, -0.15) is 5.10 Å². The third-order valence-corrected chi connectivity index (χ3v) is 5.27. The predicted octanol–water partition coefficient (Wildman–Crippen LogP) is 4.63. The number of ether oxygens (including phenoxy) is 2. The highest BCUT2D eigenvalue weighted by Gasteiger charge is 2.19. The van der Waals surface area contributed by atoms with Gasteiger partial charge in [0, 0.05) is 17.1 Å². The maximum Gasteiger partial charge on any atom is 0.276 e. The Hall–Kier alpha value is -3.80. The number of nitrogens with zero attached hydrogens (tertiary/aromatic N) is 2. The summed E-state index contributed by atoms with van der Waals surface area (Å²) >= 11 is 0. The van der Waals surface area contributed by atoms with Crippen molar-refractivity contribution in [2.75, 3.05) is 12.1 Å². The van der Waals surface area contributed by atoms with E-state index in [-0.39, 0.29) is 12.7 Å². The molecule has 0 saturated heterocycles. The summed E-state index contributed by atoms with van der Waals surface area (Å²) < 4.78 is 12.6. The zero-order valence-electron chi connectivity index (χ0n) is 16.6. The van der Waals surface area contributed by atoms with E-state index in [0.717, 1.165) is 22.9 Å². The van der Waals surface area contributed by atoms with Crippen LogP contribution >= 0.6 is 0 Å². The number of amides is 1. The molecular weight excluding hydrogens is 378 g/mol. The van der Waals surface area contributed by atoms with Crippen molar-refractivity contribution in [3.8, 4) is 11.5 Å². The summed E-state index contributed by atoms with van der Waals surface area (Å²) in [5, 5.41) is 8.39. The third kappa shape index (κ3) is 3.37. The molecule has 150 valence electrons. The molecule has 1 amide bonds. The molecule has 2 heterocycles. The molecule has 30 heavy (non-hydrogen) atoms. The lowest BCUT2D eigenvalue weighted by atomic mass is 10.1. The SMILES string of the molecule is CCc1ccc(Cn2nc(C(=O)Nc3ccc4c(c3)OCO4)c3ccccc32)cc1. The Labute approximate surface area is 174 Å². The van der Waals surface area contributed by atoms with Crippen LogP contribution in [0.1, 0.15) is 28.5 Å². The summed E-state index contributed by atoms with van der Waals surface area (Å²) in [5.74, 6) is 1.04. The summed E-state index contributed by atoms with van der Waals surface area (Å²) in [6, 6.07) is 21.6. The number of fused-ring (bicyclic) bond motifs is 2. The number of carbonyl (C=O) groups excluding carboxylic acids is 1. The fraction of sp³-hybridized carbons (Fsp3) is 0.167. The molecule has 0 unspecified atom stereocenters. The van der Waals surface area contributed by atoms with Gasteiger partial charge in [-0.1, -0.05) is 49.4 Å². The van der Waals surface area contributed by atoms with Crippen molar-refractivity contribution >= 4 is 22.5 Å². The number of para-hydroxylation sites is 1. The molecule has 1 aliphatic heterocycles. The number of carbonyl (C=O) groups is 1. The smallest absolute Gasteiger partial charge is 0.276 e. The lowest BCUT2D eigenvalue weighted by molar-refractivity contribution is 0.102. The molecule has 3 aromatic carbocycles. The lowest BCUT2D eigenvalue weighted by Crippen LogP contribution is -2.14. The van der Waals surface area contributed by atoms with Gasteiger partial charge >= 0.3 is 0 Å². The molecule has 5 rings (SSSR count). The fourth-order valence-corrected chi connectivity index (χ4v) is 3.63. The van der Waals surface area contributed by atoms with Crippen LogP contribution in [0, 0.1) is 0 Å². The van der Waals surface area contributed by atoms with Gasteiger partial charge in [-0.25, -0.2) is 0 Å². The van der Waals surface area contributed by atoms with Crippen molar-refractivity contribution in [2.24, 2.45) is 0 Å². The van der Waals surface area contributed by atoms with Crippen molar-refractivity contribution in [1.82, 2.24) is 9.78 Å². The summed E-state index contributed by atoms with van der Waals surface area (Å²) in [5.41, 5.74) is 4.40. The van der Waals surface area contributed by atoms with Gasteiger partial charge in [0.25, 0.3) is 5.91 Å². The number of nitrogens with one attached hydrogen (secondary N) is 1. The molecule has 6 nitrogen and oxygen atoms in total. The molecule has 0 radical (unpaired) electrons. The van der Waals surface area contributed by atoms with E-state index in [1.54, 1.807) is 18.2 Å². The highest BCUT2D eigenvalue weighted by Crippen LogP contribution is 2.34. The van der Waals surface area contributed by atoms with Crippen LogP contribution in [0.5, 0.6) is 11.5 Å². The normalized spacial score (nSPS) is 12.3. The molecule has 0 saturated carbocycles. The summed E-state index contributed by atoms with van der Waals surface area (Å²) in [4.78, 5) is 13.0. The first kappa shape index (κ1) is 18.2. The number of aromatic nitrogens is 2. The van der Waals surface area contributed by atoms with E-state index >= 15 is 0 Å². The Kier molecular flexibility index (Phi) is 4.59. The topological polar surface area (TPSA) is 65.4 Å². The molecule has 1 N–H and O–H groups in total. The third-order valence-electron chi connectivity index (χ3n) is 5.27. The lowest BCUT2D eigenvalue weighted by Gasteiger charge is -2.05. The van der Waals surface area contributed by atoms with Gasteiger partial charge in [0.2, 0.25) is 6.79 Å². The molecule has 0 atom stereocenters. The minimum absolute atomic E-state index is 0.195. The largest absolute Gasteiger partial charge is 0.454 e. The van der Waals surface area contributed by atoms with E-state index in [0.29, 0.717) is 29.4 Å². The van der Waals surface area contributed by atoms with E-state index in [1.165, 1.54) is 5.56 Å². The molecule has 6 heteroatoms. The monoisotopic (exact) mass is 399 g/mol. The van der Waals surface area contributed by atoms with Crippen molar-refractivity contribution in [1.29, 1.82) is 0 Å². The Bertz CT molecular complexity index is 1230. The maximum absolute atomic E-state index is 13.0. The van der Waals surface area contributed by atoms with Gasteiger partial charge in [0.1, 0.15) is 0 Å². The standard InChI is InChI=1S/C24H21N3O3/c1-2-16-7-9-17(10-8-16)14-27-20-6-4-3-5-19(20)23(26-27)24(28)25-18-11-12-21-22(13-18)30-15-29-21/h3-13H,2,14-15H2,1H3,(H,25,28). The molecule has 4 aromatic rings. The molecule has 0 fully saturated rings. The van der Waals surface area contributed by atoms with Gasteiger partial charge in [0.05, 0.1) is 12.1 Å². The number of anilines is 1. The van der Waals surface area contributed by atoms with Crippen LogP contribution in [0.3, 0.4) is 0 Å². The molecular formula is C24H21N3O3. The maximum atomic E-state index is 13.0. The first-order valence-electron chi connectivity index (χ1n) is 9.95. The summed E-state index contributed by atoms with van der Waals surface area (Å²) in [7, 11) is 0. The average molecular weight is 399 g/mol. The Morgan fingerprint density at radius 1 is 1.00 bits per heavy atom. The van der Waals surface area contributed by atoms with Gasteiger partial charge in [0.15, 0.2) is 17.2 Å². The first-order valence-corrected chi connectivity index (χ1v) is 9.95. The fourth-order valence-electron chi connectivity index (χ4n) is 3.63. The molecule has 1 aromatic heterocycles. The first-order chi connectivity index (χ1) is 14.7. The number of hydrogen-bond donors (Lipinski definition) is 1. The predicted molar refractivity (Wildman–Crippen MR) is 115 cm³/mol. The quantitative estimate of drug-likeness (QED) is 0.531. The number of benzene rings is 3. The molecule has 1 aliphatic rings. The van der Waals surface area contributed by atoms with E-state index in [4.69, 9.17) is 9.47 Å². The Morgan fingerprint density at radius 3 is 2.60 bits per heavy atom. The van der Waals surface area contributed by atoms with Gasteiger partial charge in [-0.3, -0.25) is 9.48 Å². The van der Waals surface area contributed by atoms with E-state index in [9.17, 15) is 4.79 Å². The second kappa shape index (κ2) is 7.55. The highest BCUT2D eigenvalue weighted by molar-refractivity contribution is 6.11. The second-order valence-electron chi connectivity index (χ2n) is 7.22. The van der Waals surface area contributed by atoms with Gasteiger partial charge < -0.3 is 14.8 Å². The Balaban J connectivity index is 1.44. The van der Waals surface area contributed by atoms with Crippen LogP contribution in [-0.4, -0.2) is 22.5 Å². The molecule has 0 bridgehead atoms. The number of rotatable bonds is 5. The minimum atomic E-state index is -0.259. The minimum Gasteiger partial charge on any atom is -0.454 e. The van der Waals surface area contributed by atoms with Crippen LogP contribution in [0.2, 0.25) is 0 Å². The van der Waals surface area contributed by atoms with Crippen LogP contribution in [0.25, 0.3) is 10.9 Å². The van der Waals surface area contributed by atoms with Crippen molar-refractivity contribution in [2.45, 2.75) is 19.9 Å². The van der Waals surface area contributed by atoms with Crippen LogP contribution < -0.4 is 14.8 Å². The second-order valence-corrected chi connectivity index (χ2v) is 7.22. The van der Waals surface area contributed by atoms with Gasteiger partial charge in [-0.15, -0.1) is 0 Å². The number of aryl methyl sites for hydroxylation is 1. The summed E-state index contributed by atoms with van der Waals surface area (Å²) in [6.07, 6.45) is 1.01. The number of hydrogen-bond acceptors (Lipinski definition) is 4. The zero-order valence-corrected chi connectivity index (χ0v) is 16.6. The van der Waals surface area contributed by atoms with E-state index in [2.05, 4.69) is 41.6 Å². The van der Waals surface area contributed by atoms with Crippen molar-refractivity contribution in [3.63, 3.8) is 0 Å². The van der Waals surface area contributed by atoms with Crippen LogP contribution in [0.15, 0.2) is 66.7 Å². The molecule has 0 aliphatic carbocycles. The van der Waals surface area contributed by atoms with Crippen LogP contribution in [0.4, 0.5) is 5.69 Å². The van der Waals surface area contributed by atoms with E-state index in [1.807, 2.05) is 28.9 Å². The molecule has 0 spiro atoms. The van der Waals surface area contributed by atoms with E-state index < -0.39 is 0 Å². The van der Waals surface area contributed by atoms with Crippen molar-refractivity contribution in [3.05, 3.63) is 83.6 Å². The van der Waals surface area contributed by atoms with Crippen molar-refractivity contribution < 1.29 is 14.3 Å². The summed E-state index contributed by atoms with van der Waals surface area (Å²) in [6.45, 7) is 2.93. The highest BCUT2D eigenvalue weighted by atomic mass is 16.7. The van der Waals surface area contributed by atoms with Gasteiger partial charge in [-0.05, 0) is 35.7 Å². The average Bonchev–Trinajstić information content (AvgIpc) is 3.39. The van der Waals surface area contributed by atoms with Crippen LogP contribution in [-0.2, 0) is 13.0 Å². The Morgan fingerprint density at radius 2 is 1.77 bits per heavy atom. The zero-order chi connectivity index (χ0) is 20.5.